The van der Waals surface area contributed by atoms with Crippen molar-refractivity contribution < 1.29 is 14.3 Å². The minimum absolute atomic E-state index is 0.162. The maximum absolute atomic E-state index is 13.1. The molecule has 1 heterocycles. The summed E-state index contributed by atoms with van der Waals surface area (Å²) in [6.45, 7) is 0.462. The molecule has 1 saturated heterocycles. The van der Waals surface area contributed by atoms with Crippen LogP contribution in [0.3, 0.4) is 0 Å². The first-order valence-electron chi connectivity index (χ1n) is 5.68. The number of hydrogen-bond acceptors (Lipinski definition) is 2. The van der Waals surface area contributed by atoms with E-state index in [2.05, 4.69) is 15.9 Å². The second-order valence-corrected chi connectivity index (χ2v) is 5.30. The fourth-order valence-electron chi connectivity index (χ4n) is 2.28. The summed E-state index contributed by atoms with van der Waals surface area (Å²) in [5.74, 6) is -0.329. The maximum Gasteiger partial charge on any atom is 0.407 e. The summed E-state index contributed by atoms with van der Waals surface area (Å²) >= 11 is 3.12. The van der Waals surface area contributed by atoms with Gasteiger partial charge in [-0.15, -0.1) is 0 Å². The van der Waals surface area contributed by atoms with Crippen molar-refractivity contribution in [3.8, 4) is 0 Å². The molecule has 2 unspecified atom stereocenters. The number of nitrogens with zero attached hydrogens (tertiary/aromatic N) is 1. The van der Waals surface area contributed by atoms with Crippen molar-refractivity contribution in [2.45, 2.75) is 24.9 Å². The summed E-state index contributed by atoms with van der Waals surface area (Å²) in [5.41, 5.74) is 6.80. The number of rotatable bonds is 2. The Labute approximate surface area is 113 Å². The Morgan fingerprint density at radius 2 is 2.33 bits per heavy atom. The minimum atomic E-state index is -0.950. The molecule has 6 heteroatoms. The van der Waals surface area contributed by atoms with Gasteiger partial charge < -0.3 is 15.7 Å². The molecule has 0 bridgehead atoms. The summed E-state index contributed by atoms with van der Waals surface area (Å²) in [4.78, 5) is 12.4. The van der Waals surface area contributed by atoms with Gasteiger partial charge in [-0.25, -0.2) is 9.18 Å². The molecule has 4 nitrogen and oxygen atoms in total. The van der Waals surface area contributed by atoms with E-state index in [1.54, 1.807) is 12.1 Å². The molecule has 18 heavy (non-hydrogen) atoms. The van der Waals surface area contributed by atoms with Crippen LogP contribution in [0.25, 0.3) is 0 Å². The van der Waals surface area contributed by atoms with Crippen LogP contribution in [0.4, 0.5) is 9.18 Å². The van der Waals surface area contributed by atoms with Gasteiger partial charge in [0.15, 0.2) is 0 Å². The van der Waals surface area contributed by atoms with Gasteiger partial charge in [-0.05, 0) is 46.5 Å². The number of carbonyl (C=O) groups is 1. The maximum atomic E-state index is 13.1. The van der Waals surface area contributed by atoms with Crippen molar-refractivity contribution in [3.63, 3.8) is 0 Å². The normalized spacial score (nSPS) is 23.4. The van der Waals surface area contributed by atoms with Gasteiger partial charge in [-0.2, -0.15) is 0 Å². The summed E-state index contributed by atoms with van der Waals surface area (Å²) in [5, 5.41) is 9.08. The van der Waals surface area contributed by atoms with Crippen molar-refractivity contribution in [2.24, 2.45) is 5.73 Å². The molecule has 2 rings (SSSR count). The first-order valence-corrected chi connectivity index (χ1v) is 6.47. The third-order valence-corrected chi connectivity index (χ3v) is 3.88. The molecule has 0 aliphatic carbocycles. The zero-order chi connectivity index (χ0) is 13.3. The van der Waals surface area contributed by atoms with Crippen LogP contribution in [-0.2, 0) is 6.42 Å². The molecular weight excluding hydrogens is 303 g/mol. The molecule has 0 spiro atoms. The second kappa shape index (κ2) is 5.24. The highest BCUT2D eigenvalue weighted by molar-refractivity contribution is 9.10. The number of hydrogen-bond donors (Lipinski definition) is 2. The first-order chi connectivity index (χ1) is 8.49. The zero-order valence-electron chi connectivity index (χ0n) is 9.64. The fraction of sp³-hybridized carbons (Fsp3) is 0.417. The Morgan fingerprint density at radius 3 is 2.94 bits per heavy atom. The van der Waals surface area contributed by atoms with E-state index in [1.165, 1.54) is 11.0 Å². The summed E-state index contributed by atoms with van der Waals surface area (Å²) in [6, 6.07) is 4.29. The minimum Gasteiger partial charge on any atom is -0.465 e. The van der Waals surface area contributed by atoms with E-state index in [4.69, 9.17) is 10.8 Å². The molecule has 1 fully saturated rings. The van der Waals surface area contributed by atoms with Crippen molar-refractivity contribution in [1.29, 1.82) is 0 Å². The zero-order valence-corrected chi connectivity index (χ0v) is 11.2. The third kappa shape index (κ3) is 2.64. The van der Waals surface area contributed by atoms with Crippen molar-refractivity contribution in [3.05, 3.63) is 34.1 Å². The van der Waals surface area contributed by atoms with Gasteiger partial charge in [-0.3, -0.25) is 0 Å². The predicted molar refractivity (Wildman–Crippen MR) is 68.9 cm³/mol. The number of likely N-dealkylation sites (tertiary alicyclic amines) is 1. The first kappa shape index (κ1) is 13.3. The number of carboxylic acid groups (broad SMARTS) is 1. The molecular formula is C12H14BrFN2O2. The van der Waals surface area contributed by atoms with Crippen molar-refractivity contribution >= 4 is 22.0 Å². The second-order valence-electron chi connectivity index (χ2n) is 4.45. The molecule has 0 aromatic heterocycles. The van der Waals surface area contributed by atoms with Gasteiger partial charge in [0.25, 0.3) is 0 Å². The lowest BCUT2D eigenvalue weighted by Gasteiger charge is -2.24. The van der Waals surface area contributed by atoms with Crippen LogP contribution < -0.4 is 5.73 Å². The van der Waals surface area contributed by atoms with Crippen LogP contribution in [0.2, 0.25) is 0 Å². The summed E-state index contributed by atoms with van der Waals surface area (Å²) < 4.78 is 13.5. The van der Waals surface area contributed by atoms with Crippen LogP contribution in [0.15, 0.2) is 22.7 Å². The molecule has 0 radical (unpaired) electrons. The van der Waals surface area contributed by atoms with E-state index in [0.29, 0.717) is 23.9 Å². The summed E-state index contributed by atoms with van der Waals surface area (Å²) in [6.07, 6.45) is 0.222. The number of nitrogens with two attached hydrogens (primary N) is 1. The van der Waals surface area contributed by atoms with Crippen LogP contribution in [0.5, 0.6) is 0 Å². The van der Waals surface area contributed by atoms with Crippen LogP contribution in [0, 0.1) is 5.82 Å². The van der Waals surface area contributed by atoms with E-state index in [-0.39, 0.29) is 17.9 Å². The van der Waals surface area contributed by atoms with Gasteiger partial charge in [-0.1, -0.05) is 6.07 Å². The summed E-state index contributed by atoms with van der Waals surface area (Å²) in [7, 11) is 0. The standard InChI is InChI=1S/C12H14BrFN2O2/c13-8-5-7(1-2-9(8)14)6-11-10(15)3-4-16(11)12(17)18/h1-2,5,10-11H,3-4,6,15H2,(H,17,18). The van der Waals surface area contributed by atoms with E-state index in [9.17, 15) is 9.18 Å². The highest BCUT2D eigenvalue weighted by atomic mass is 79.9. The number of halogens is 2. The van der Waals surface area contributed by atoms with Gasteiger partial charge >= 0.3 is 6.09 Å². The molecule has 2 atom stereocenters. The SMILES string of the molecule is NC1CCN(C(=O)O)C1Cc1ccc(F)c(Br)c1. The fourth-order valence-corrected chi connectivity index (χ4v) is 2.71. The lowest BCUT2D eigenvalue weighted by Crippen LogP contribution is -2.43. The van der Waals surface area contributed by atoms with Gasteiger partial charge in [0.05, 0.1) is 10.5 Å². The smallest absolute Gasteiger partial charge is 0.407 e. The van der Waals surface area contributed by atoms with Crippen LogP contribution in [-0.4, -0.2) is 34.7 Å². The Balaban J connectivity index is 2.16. The Bertz CT molecular complexity index is 469. The predicted octanol–water partition coefficient (Wildman–Crippen LogP) is 2.21. The van der Waals surface area contributed by atoms with Crippen LogP contribution in [0.1, 0.15) is 12.0 Å². The molecule has 1 aliphatic rings. The topological polar surface area (TPSA) is 66.6 Å². The van der Waals surface area contributed by atoms with E-state index < -0.39 is 6.09 Å². The number of amides is 1. The van der Waals surface area contributed by atoms with Gasteiger partial charge in [0.2, 0.25) is 0 Å². The monoisotopic (exact) mass is 316 g/mol. The Hall–Kier alpha value is -1.14. The molecule has 1 aromatic rings. The van der Waals surface area contributed by atoms with E-state index in [0.717, 1.165) is 5.56 Å². The Morgan fingerprint density at radius 1 is 1.61 bits per heavy atom. The molecule has 1 aliphatic heterocycles. The molecule has 0 saturated carbocycles. The van der Waals surface area contributed by atoms with Crippen LogP contribution >= 0.6 is 15.9 Å². The van der Waals surface area contributed by atoms with Gasteiger partial charge in [0.1, 0.15) is 5.82 Å². The largest absolute Gasteiger partial charge is 0.465 e. The van der Waals surface area contributed by atoms with Crippen molar-refractivity contribution in [1.82, 2.24) is 4.90 Å². The lowest BCUT2D eigenvalue weighted by atomic mass is 10.0. The van der Waals surface area contributed by atoms with Crippen molar-refractivity contribution in [2.75, 3.05) is 6.54 Å². The molecule has 1 aromatic carbocycles. The quantitative estimate of drug-likeness (QED) is 0.879. The number of benzene rings is 1. The third-order valence-electron chi connectivity index (χ3n) is 3.27. The highest BCUT2D eigenvalue weighted by Gasteiger charge is 2.34. The average Bonchev–Trinajstić information content (AvgIpc) is 2.66. The molecule has 3 N–H and O–H groups in total. The molecule has 98 valence electrons. The van der Waals surface area contributed by atoms with E-state index >= 15 is 0 Å². The Kier molecular flexibility index (Phi) is 3.87. The average molecular weight is 317 g/mol. The lowest BCUT2D eigenvalue weighted by molar-refractivity contribution is 0.138. The van der Waals surface area contributed by atoms with Gasteiger partial charge in [0, 0.05) is 12.6 Å². The highest BCUT2D eigenvalue weighted by Crippen LogP contribution is 2.23. The molecule has 1 amide bonds. The van der Waals surface area contributed by atoms with E-state index in [1.807, 2.05) is 0 Å².